The van der Waals surface area contributed by atoms with E-state index < -0.39 is 0 Å². The first-order valence-electron chi connectivity index (χ1n) is 8.06. The third-order valence-corrected chi connectivity index (χ3v) is 4.84. The second-order valence-electron chi connectivity index (χ2n) is 5.86. The molecule has 7 nitrogen and oxygen atoms in total. The van der Waals surface area contributed by atoms with Crippen molar-refractivity contribution in [2.75, 3.05) is 5.32 Å². The van der Waals surface area contributed by atoms with Gasteiger partial charge in [-0.05, 0) is 25.5 Å². The number of carbonyl (C=O) groups excluding carboxylic acids is 1. The Morgan fingerprint density at radius 2 is 1.96 bits per heavy atom. The topological polar surface area (TPSA) is 77.6 Å². The molecule has 0 saturated carbocycles. The van der Waals surface area contributed by atoms with Crippen LogP contribution >= 0.6 is 23.2 Å². The molecule has 9 heteroatoms. The number of hydrogen-bond donors (Lipinski definition) is 1. The Bertz CT molecular complexity index is 933. The Morgan fingerprint density at radius 3 is 2.65 bits per heavy atom. The molecule has 0 aliphatic rings. The fourth-order valence-electron chi connectivity index (χ4n) is 2.52. The predicted octanol–water partition coefficient (Wildman–Crippen LogP) is 3.48. The average molecular weight is 393 g/mol. The number of halogens is 2. The van der Waals surface area contributed by atoms with Crippen LogP contribution in [0.2, 0.25) is 10.0 Å². The van der Waals surface area contributed by atoms with Crippen molar-refractivity contribution in [1.82, 2.24) is 24.5 Å². The summed E-state index contributed by atoms with van der Waals surface area (Å²) in [4.78, 5) is 16.2. The molecule has 0 radical (unpaired) electrons. The molecule has 0 bridgehead atoms. The summed E-state index contributed by atoms with van der Waals surface area (Å²) in [5, 5.41) is 12.5. The molecule has 0 aliphatic carbocycles. The highest BCUT2D eigenvalue weighted by molar-refractivity contribution is 6.32. The summed E-state index contributed by atoms with van der Waals surface area (Å²) in [6.07, 6.45) is 1.80. The number of rotatable bonds is 6. The lowest BCUT2D eigenvalue weighted by molar-refractivity contribution is -0.116. The summed E-state index contributed by atoms with van der Waals surface area (Å²) in [5.41, 5.74) is 2.53. The third-order valence-electron chi connectivity index (χ3n) is 3.92. The van der Waals surface area contributed by atoms with Gasteiger partial charge in [0.1, 0.15) is 6.33 Å². The Balaban J connectivity index is 1.56. The highest BCUT2D eigenvalue weighted by Crippen LogP contribution is 2.19. The van der Waals surface area contributed by atoms with Gasteiger partial charge in [-0.1, -0.05) is 41.4 Å². The zero-order chi connectivity index (χ0) is 18.7. The van der Waals surface area contributed by atoms with E-state index >= 15 is 0 Å². The molecule has 26 heavy (non-hydrogen) atoms. The number of nitrogens with one attached hydrogen (secondary N) is 1. The second kappa shape index (κ2) is 7.88. The quantitative estimate of drug-likeness (QED) is 0.696. The molecular weight excluding hydrogens is 375 g/mol. The van der Waals surface area contributed by atoms with E-state index in [9.17, 15) is 4.79 Å². The lowest BCUT2D eigenvalue weighted by Gasteiger charge is -2.05. The molecule has 0 saturated heterocycles. The van der Waals surface area contributed by atoms with Crippen molar-refractivity contribution in [1.29, 1.82) is 0 Å². The molecule has 0 atom stereocenters. The Morgan fingerprint density at radius 1 is 1.19 bits per heavy atom. The van der Waals surface area contributed by atoms with Crippen LogP contribution in [0, 0.1) is 13.8 Å². The van der Waals surface area contributed by atoms with Gasteiger partial charge in [0.2, 0.25) is 11.9 Å². The smallest absolute Gasteiger partial charge is 0.248 e. The summed E-state index contributed by atoms with van der Waals surface area (Å²) in [6, 6.07) is 7.52. The van der Waals surface area contributed by atoms with Crippen LogP contribution in [0.5, 0.6) is 0 Å². The van der Waals surface area contributed by atoms with Crippen molar-refractivity contribution in [2.24, 2.45) is 0 Å². The second-order valence-corrected chi connectivity index (χ2v) is 6.65. The van der Waals surface area contributed by atoms with E-state index in [1.165, 1.54) is 0 Å². The molecule has 2 aromatic heterocycles. The number of carbonyl (C=O) groups is 1. The molecule has 1 aromatic carbocycles. The van der Waals surface area contributed by atoms with Crippen LogP contribution in [0.25, 0.3) is 0 Å². The predicted molar refractivity (Wildman–Crippen MR) is 101 cm³/mol. The van der Waals surface area contributed by atoms with Gasteiger partial charge < -0.3 is 0 Å². The van der Waals surface area contributed by atoms with E-state index in [1.807, 2.05) is 38.1 Å². The Kier molecular flexibility index (Phi) is 5.58. The molecular formula is C17H18Cl2N6O. The molecule has 1 amide bonds. The van der Waals surface area contributed by atoms with Crippen LogP contribution in [0.3, 0.4) is 0 Å². The molecule has 0 unspecified atom stereocenters. The van der Waals surface area contributed by atoms with E-state index in [1.54, 1.807) is 15.7 Å². The number of hydrogen-bond acceptors (Lipinski definition) is 4. The zero-order valence-electron chi connectivity index (χ0n) is 14.4. The normalized spacial score (nSPS) is 10.9. The van der Waals surface area contributed by atoms with Crippen LogP contribution in [-0.4, -0.2) is 30.5 Å². The van der Waals surface area contributed by atoms with Crippen molar-refractivity contribution in [3.63, 3.8) is 0 Å². The molecule has 0 spiro atoms. The largest absolute Gasteiger partial charge is 0.293 e. The molecule has 136 valence electrons. The number of aryl methyl sites for hydroxylation is 2. The molecule has 0 aliphatic heterocycles. The van der Waals surface area contributed by atoms with Crippen molar-refractivity contribution in [3.8, 4) is 0 Å². The van der Waals surface area contributed by atoms with Gasteiger partial charge in [-0.2, -0.15) is 5.10 Å². The molecule has 1 N–H and O–H groups in total. The number of aromatic nitrogens is 5. The lowest BCUT2D eigenvalue weighted by Crippen LogP contribution is -2.16. The van der Waals surface area contributed by atoms with E-state index in [2.05, 4.69) is 20.5 Å². The van der Waals surface area contributed by atoms with Crippen molar-refractivity contribution in [2.45, 2.75) is 33.4 Å². The highest BCUT2D eigenvalue weighted by Gasteiger charge is 2.12. The van der Waals surface area contributed by atoms with Crippen LogP contribution in [0.4, 0.5) is 5.95 Å². The van der Waals surface area contributed by atoms with Gasteiger partial charge in [-0.15, -0.1) is 5.10 Å². The van der Waals surface area contributed by atoms with Crippen molar-refractivity contribution in [3.05, 3.63) is 57.6 Å². The summed E-state index contributed by atoms with van der Waals surface area (Å²) in [5.74, 6) is 0.0672. The maximum Gasteiger partial charge on any atom is 0.248 e. The van der Waals surface area contributed by atoms with Gasteiger partial charge >= 0.3 is 0 Å². The van der Waals surface area contributed by atoms with Gasteiger partial charge in [0.15, 0.2) is 0 Å². The minimum absolute atomic E-state index is 0.191. The summed E-state index contributed by atoms with van der Waals surface area (Å²) in [7, 11) is 0. The van der Waals surface area contributed by atoms with Gasteiger partial charge in [0.05, 0.1) is 29.5 Å². The first-order valence-corrected chi connectivity index (χ1v) is 8.82. The standard InChI is InChI=1S/C17H18Cl2N6O/c1-11-16(19)12(2)25(22-11)8-7-15(26)21-17-20-10-24(23-17)9-13-5-3-4-6-14(13)18/h3-6,10H,7-9H2,1-2H3,(H,21,23,26). The minimum atomic E-state index is -0.191. The van der Waals surface area contributed by atoms with Crippen molar-refractivity contribution >= 4 is 35.1 Å². The van der Waals surface area contributed by atoms with Crippen LogP contribution in [0.15, 0.2) is 30.6 Å². The zero-order valence-corrected chi connectivity index (χ0v) is 15.9. The number of amides is 1. The number of benzene rings is 1. The molecule has 0 fully saturated rings. The fraction of sp³-hybridized carbons (Fsp3) is 0.294. The van der Waals surface area contributed by atoms with E-state index in [4.69, 9.17) is 23.2 Å². The van der Waals surface area contributed by atoms with Crippen LogP contribution < -0.4 is 5.32 Å². The molecule has 3 aromatic rings. The average Bonchev–Trinajstić information content (AvgIpc) is 3.15. The Labute approximate surface area is 160 Å². The number of nitrogens with zero attached hydrogens (tertiary/aromatic N) is 5. The summed E-state index contributed by atoms with van der Waals surface area (Å²) in [6.45, 7) is 4.62. The van der Waals surface area contributed by atoms with Gasteiger partial charge in [-0.3, -0.25) is 14.8 Å². The maximum absolute atomic E-state index is 12.1. The van der Waals surface area contributed by atoms with Gasteiger partial charge in [0, 0.05) is 11.4 Å². The van der Waals surface area contributed by atoms with Crippen LogP contribution in [-0.2, 0) is 17.9 Å². The third kappa shape index (κ3) is 4.23. The van der Waals surface area contributed by atoms with Gasteiger partial charge in [0.25, 0.3) is 0 Å². The van der Waals surface area contributed by atoms with Crippen molar-refractivity contribution < 1.29 is 4.79 Å². The van der Waals surface area contributed by atoms with E-state index in [0.717, 1.165) is 17.0 Å². The molecule has 2 heterocycles. The summed E-state index contributed by atoms with van der Waals surface area (Å²) < 4.78 is 3.35. The highest BCUT2D eigenvalue weighted by atomic mass is 35.5. The monoisotopic (exact) mass is 392 g/mol. The first-order chi connectivity index (χ1) is 12.4. The fourth-order valence-corrected chi connectivity index (χ4v) is 2.85. The minimum Gasteiger partial charge on any atom is -0.293 e. The Hall–Kier alpha value is -2.38. The maximum atomic E-state index is 12.1. The first kappa shape index (κ1) is 18.4. The summed E-state index contributed by atoms with van der Waals surface area (Å²) >= 11 is 12.2. The molecule has 3 rings (SSSR count). The SMILES string of the molecule is Cc1nn(CCC(=O)Nc2ncn(Cc3ccccc3Cl)n2)c(C)c1Cl. The lowest BCUT2D eigenvalue weighted by atomic mass is 10.2. The van der Waals surface area contributed by atoms with Crippen LogP contribution in [0.1, 0.15) is 23.4 Å². The number of anilines is 1. The van der Waals surface area contributed by atoms with Gasteiger partial charge in [-0.25, -0.2) is 9.67 Å². The van der Waals surface area contributed by atoms with E-state index in [0.29, 0.717) is 23.1 Å². The van der Waals surface area contributed by atoms with E-state index in [-0.39, 0.29) is 18.3 Å².